The first-order valence-electron chi connectivity index (χ1n) is 9.04. The maximum Gasteiger partial charge on any atom is 0.422 e. The van der Waals surface area contributed by atoms with Gasteiger partial charge in [0.25, 0.3) is 0 Å². The lowest BCUT2D eigenvalue weighted by Crippen LogP contribution is -2.19. The molecule has 29 heavy (non-hydrogen) atoms. The predicted molar refractivity (Wildman–Crippen MR) is 100 cm³/mol. The minimum absolute atomic E-state index is 0.0141. The first kappa shape index (κ1) is 22.4. The summed E-state index contributed by atoms with van der Waals surface area (Å²) in [6, 6.07) is 9.83. The number of carbonyl (C=O) groups is 2. The van der Waals surface area contributed by atoms with E-state index in [-0.39, 0.29) is 30.3 Å². The van der Waals surface area contributed by atoms with Crippen LogP contribution in [0.15, 0.2) is 42.6 Å². The molecule has 1 heterocycles. The van der Waals surface area contributed by atoms with Crippen LogP contribution >= 0.6 is 0 Å². The van der Waals surface area contributed by atoms with E-state index in [1.165, 1.54) is 12.3 Å². The van der Waals surface area contributed by atoms with E-state index in [0.29, 0.717) is 11.3 Å². The molecule has 1 aromatic carbocycles. The van der Waals surface area contributed by atoms with Gasteiger partial charge in [-0.3, -0.25) is 14.6 Å². The number of ketones is 1. The molecule has 0 aliphatic rings. The Balaban J connectivity index is 1.89. The van der Waals surface area contributed by atoms with Gasteiger partial charge in [-0.2, -0.15) is 13.2 Å². The van der Waals surface area contributed by atoms with Crippen molar-refractivity contribution in [3.8, 4) is 5.75 Å². The quantitative estimate of drug-likeness (QED) is 0.659. The highest BCUT2D eigenvalue weighted by Gasteiger charge is 2.28. The summed E-state index contributed by atoms with van der Waals surface area (Å²) in [6.07, 6.45) is -2.77. The fourth-order valence-corrected chi connectivity index (χ4v) is 2.75. The Bertz CT molecular complexity index is 832. The van der Waals surface area contributed by atoms with Gasteiger partial charge in [0.1, 0.15) is 11.5 Å². The number of carboxylic acid groups (broad SMARTS) is 1. The molecule has 0 saturated heterocycles. The monoisotopic (exact) mass is 409 g/mol. The number of rotatable bonds is 9. The van der Waals surface area contributed by atoms with Crippen LogP contribution in [0, 0.1) is 0 Å². The van der Waals surface area contributed by atoms with Crippen LogP contribution in [0.1, 0.15) is 48.9 Å². The van der Waals surface area contributed by atoms with Crippen LogP contribution in [0.4, 0.5) is 13.2 Å². The van der Waals surface area contributed by atoms with Gasteiger partial charge in [0, 0.05) is 24.5 Å². The molecule has 0 saturated carbocycles. The van der Waals surface area contributed by atoms with Crippen molar-refractivity contribution in [2.24, 2.45) is 0 Å². The number of pyridine rings is 1. The third kappa shape index (κ3) is 7.21. The topological polar surface area (TPSA) is 76.5 Å². The van der Waals surface area contributed by atoms with Crippen LogP contribution in [-0.2, 0) is 16.0 Å². The van der Waals surface area contributed by atoms with Gasteiger partial charge in [0.2, 0.25) is 0 Å². The molecule has 0 radical (unpaired) electrons. The second kappa shape index (κ2) is 9.54. The molecule has 0 fully saturated rings. The van der Waals surface area contributed by atoms with E-state index in [1.54, 1.807) is 37.3 Å². The molecule has 2 aromatic rings. The Labute approximate surface area is 166 Å². The van der Waals surface area contributed by atoms with Gasteiger partial charge in [-0.25, -0.2) is 0 Å². The molecule has 0 spiro atoms. The number of aromatic nitrogens is 1. The molecule has 1 unspecified atom stereocenters. The van der Waals surface area contributed by atoms with E-state index in [1.807, 2.05) is 6.92 Å². The number of Topliss-reactive ketones (excluding diaryl/α,β-unsaturated/α-hetero) is 1. The first-order valence-corrected chi connectivity index (χ1v) is 9.04. The number of alkyl halides is 3. The highest BCUT2D eigenvalue weighted by atomic mass is 19.4. The van der Waals surface area contributed by atoms with Gasteiger partial charge < -0.3 is 9.84 Å². The molecular weight excluding hydrogens is 387 g/mol. The number of nitrogens with zero attached hydrogens (tertiary/aromatic N) is 1. The number of halogens is 3. The average molecular weight is 409 g/mol. The fourth-order valence-electron chi connectivity index (χ4n) is 2.75. The normalized spacial score (nSPS) is 13.6. The van der Waals surface area contributed by atoms with Crippen molar-refractivity contribution in [1.29, 1.82) is 0 Å². The van der Waals surface area contributed by atoms with Crippen molar-refractivity contribution in [1.82, 2.24) is 4.98 Å². The summed E-state index contributed by atoms with van der Waals surface area (Å²) in [4.78, 5) is 27.4. The molecule has 2 rings (SSSR count). The minimum Gasteiger partial charge on any atom is -0.483 e. The zero-order valence-corrected chi connectivity index (χ0v) is 16.1. The van der Waals surface area contributed by atoms with Gasteiger partial charge in [-0.05, 0) is 30.2 Å². The number of hydrogen-bond acceptors (Lipinski definition) is 4. The molecular formula is C21H22F3NO4. The number of ether oxygens (including phenoxy) is 1. The Morgan fingerprint density at radius 3 is 2.28 bits per heavy atom. The molecule has 0 amide bonds. The molecule has 0 aliphatic carbocycles. The van der Waals surface area contributed by atoms with E-state index in [4.69, 9.17) is 5.11 Å². The number of carboxylic acids is 1. The van der Waals surface area contributed by atoms with E-state index in [9.17, 15) is 22.8 Å². The smallest absolute Gasteiger partial charge is 0.422 e. The minimum atomic E-state index is -4.41. The van der Waals surface area contributed by atoms with Crippen molar-refractivity contribution in [2.75, 3.05) is 6.61 Å². The van der Waals surface area contributed by atoms with E-state index < -0.39 is 24.7 Å². The lowest BCUT2D eigenvalue weighted by atomic mass is 9.95. The molecule has 1 aromatic heterocycles. The SMILES string of the molecule is CC(C(=O)O)c1ccc(CC(=O)C[C@H](C)c2ccc(OCC(F)(F)F)cn2)cc1. The summed E-state index contributed by atoms with van der Waals surface area (Å²) < 4.78 is 41.1. The maximum atomic E-state index is 12.3. The Hall–Kier alpha value is -2.90. The number of hydrogen-bond donors (Lipinski definition) is 1. The largest absolute Gasteiger partial charge is 0.483 e. The third-order valence-electron chi connectivity index (χ3n) is 4.45. The van der Waals surface area contributed by atoms with Crippen LogP contribution in [0.5, 0.6) is 5.75 Å². The summed E-state index contributed by atoms with van der Waals surface area (Å²) in [7, 11) is 0. The number of carbonyl (C=O) groups excluding carboxylic acids is 1. The Morgan fingerprint density at radius 2 is 1.76 bits per heavy atom. The highest BCUT2D eigenvalue weighted by Crippen LogP contribution is 2.23. The lowest BCUT2D eigenvalue weighted by Gasteiger charge is -2.12. The second-order valence-electron chi connectivity index (χ2n) is 6.94. The standard InChI is InChI=1S/C21H22F3NO4/c1-13(19-8-7-18(11-25-19)29-12-21(22,23)24)9-17(26)10-15-3-5-16(6-4-15)14(2)20(27)28/h3-8,11,13-14H,9-10,12H2,1-2H3,(H,27,28)/t13-,14?/m0/s1. The molecule has 0 aliphatic heterocycles. The molecule has 2 atom stereocenters. The Morgan fingerprint density at radius 1 is 1.10 bits per heavy atom. The molecule has 156 valence electrons. The second-order valence-corrected chi connectivity index (χ2v) is 6.94. The summed E-state index contributed by atoms with van der Waals surface area (Å²) in [6.45, 7) is 2.02. The summed E-state index contributed by atoms with van der Waals surface area (Å²) >= 11 is 0. The molecule has 0 bridgehead atoms. The van der Waals surface area contributed by atoms with Crippen molar-refractivity contribution in [3.05, 3.63) is 59.4 Å². The van der Waals surface area contributed by atoms with Gasteiger partial charge in [-0.15, -0.1) is 0 Å². The summed E-state index contributed by atoms with van der Waals surface area (Å²) in [5, 5.41) is 9.02. The lowest BCUT2D eigenvalue weighted by molar-refractivity contribution is -0.153. The number of aliphatic carboxylic acids is 1. The summed E-state index contributed by atoms with van der Waals surface area (Å²) in [5.41, 5.74) is 2.04. The zero-order chi connectivity index (χ0) is 21.6. The van der Waals surface area contributed by atoms with Gasteiger partial charge in [0.05, 0.1) is 12.1 Å². The van der Waals surface area contributed by atoms with Crippen LogP contribution < -0.4 is 4.74 Å². The van der Waals surface area contributed by atoms with Crippen molar-refractivity contribution in [2.45, 2.75) is 44.7 Å². The predicted octanol–water partition coefficient (Wildman–Crippen LogP) is 4.52. The van der Waals surface area contributed by atoms with Gasteiger partial charge in [-0.1, -0.05) is 31.2 Å². The van der Waals surface area contributed by atoms with Crippen LogP contribution in [0.2, 0.25) is 0 Å². The van der Waals surface area contributed by atoms with E-state index >= 15 is 0 Å². The van der Waals surface area contributed by atoms with E-state index in [2.05, 4.69) is 9.72 Å². The first-order chi connectivity index (χ1) is 13.5. The van der Waals surface area contributed by atoms with Crippen LogP contribution in [-0.4, -0.2) is 34.6 Å². The Kier molecular flexibility index (Phi) is 7.36. The third-order valence-corrected chi connectivity index (χ3v) is 4.45. The van der Waals surface area contributed by atoms with Crippen LogP contribution in [0.25, 0.3) is 0 Å². The summed E-state index contributed by atoms with van der Waals surface area (Å²) in [5.74, 6) is -1.74. The molecule has 1 N–H and O–H groups in total. The molecule has 5 nitrogen and oxygen atoms in total. The maximum absolute atomic E-state index is 12.3. The van der Waals surface area contributed by atoms with Gasteiger partial charge >= 0.3 is 12.1 Å². The average Bonchev–Trinajstić information content (AvgIpc) is 2.66. The van der Waals surface area contributed by atoms with Gasteiger partial charge in [0.15, 0.2) is 6.61 Å². The molecule has 8 heteroatoms. The van der Waals surface area contributed by atoms with Crippen molar-refractivity contribution < 1.29 is 32.6 Å². The van der Waals surface area contributed by atoms with E-state index in [0.717, 1.165) is 5.56 Å². The van der Waals surface area contributed by atoms with Crippen molar-refractivity contribution >= 4 is 11.8 Å². The van der Waals surface area contributed by atoms with Crippen LogP contribution in [0.3, 0.4) is 0 Å². The van der Waals surface area contributed by atoms with Crippen molar-refractivity contribution in [3.63, 3.8) is 0 Å². The number of benzene rings is 1. The zero-order valence-electron chi connectivity index (χ0n) is 16.1. The fraction of sp³-hybridized carbons (Fsp3) is 0.381. The highest BCUT2D eigenvalue weighted by molar-refractivity contribution is 5.81.